The normalized spacial score (nSPS) is 20.7. The van der Waals surface area contributed by atoms with Crippen LogP contribution in [-0.4, -0.2) is 83.1 Å². The average Bonchev–Trinajstić information content (AvgIpc) is 3.77. The first kappa shape index (κ1) is 42.8. The fraction of sp³-hybridized carbons (Fsp3) is 0.244. The Kier molecular flexibility index (Phi) is 14.4. The Morgan fingerprint density at radius 1 is 0.633 bits per heavy atom. The lowest BCUT2D eigenvalue weighted by molar-refractivity contribution is -0.142. The van der Waals surface area contributed by atoms with Crippen LogP contribution < -0.4 is 31.3 Å². The molecule has 0 radical (unpaired) electrons. The largest absolute Gasteiger partial charge is 0.497 e. The predicted molar refractivity (Wildman–Crippen MR) is 225 cm³/mol. The molecule has 2 bridgehead atoms. The summed E-state index contributed by atoms with van der Waals surface area (Å²) in [5.74, 6) is -4.50. The number of aliphatic carboxylic acids is 1. The molecule has 15 heteroatoms. The van der Waals surface area contributed by atoms with Gasteiger partial charge in [-0.15, -0.1) is 11.3 Å². The van der Waals surface area contributed by atoms with E-state index in [0.717, 1.165) is 16.0 Å². The van der Waals surface area contributed by atoms with Crippen molar-refractivity contribution in [1.82, 2.24) is 21.3 Å². The van der Waals surface area contributed by atoms with Crippen molar-refractivity contribution < 1.29 is 43.7 Å². The molecule has 1 aromatic heterocycles. The third kappa shape index (κ3) is 11.9. The van der Waals surface area contributed by atoms with Crippen molar-refractivity contribution in [1.29, 1.82) is 0 Å². The number of carbonyl (C=O) groups excluding carboxylic acids is 5. The number of nitrogens with one attached hydrogen (secondary N) is 5. The van der Waals surface area contributed by atoms with Crippen molar-refractivity contribution in [2.75, 3.05) is 12.4 Å². The minimum atomic E-state index is -1.78. The lowest BCUT2D eigenvalue weighted by atomic mass is 9.99. The number of carboxylic acids is 1. The van der Waals surface area contributed by atoms with Crippen molar-refractivity contribution >= 4 is 52.5 Å². The fourth-order valence-electron chi connectivity index (χ4n) is 6.68. The topological polar surface area (TPSA) is 212 Å². The molecule has 0 spiro atoms. The number of hydrogen-bond acceptors (Lipinski definition) is 9. The maximum absolute atomic E-state index is 14.4. The summed E-state index contributed by atoms with van der Waals surface area (Å²) in [4.78, 5) is 82.1. The molecular formula is C45H45N5O9S. The Morgan fingerprint density at radius 3 is 1.77 bits per heavy atom. The third-order valence-electron chi connectivity index (χ3n) is 9.96. The van der Waals surface area contributed by atoms with Crippen LogP contribution >= 0.6 is 11.3 Å². The number of benzene rings is 4. The molecule has 310 valence electrons. The van der Waals surface area contributed by atoms with Crippen molar-refractivity contribution in [3.8, 4) is 16.9 Å². The van der Waals surface area contributed by atoms with Crippen LogP contribution in [0.15, 0.2) is 121 Å². The van der Waals surface area contributed by atoms with Crippen molar-refractivity contribution in [2.45, 2.75) is 62.4 Å². The molecule has 5 atom stereocenters. The Morgan fingerprint density at radius 2 is 1.20 bits per heavy atom. The number of methoxy groups -OCH3 is 1. The lowest BCUT2D eigenvalue weighted by Crippen LogP contribution is -2.59. The number of carboxylic acid groups (broad SMARTS) is 1. The van der Waals surface area contributed by atoms with E-state index in [0.29, 0.717) is 22.4 Å². The van der Waals surface area contributed by atoms with E-state index in [9.17, 15) is 39.0 Å². The van der Waals surface area contributed by atoms with Crippen LogP contribution in [0.5, 0.6) is 5.75 Å². The van der Waals surface area contributed by atoms with Crippen molar-refractivity contribution in [2.24, 2.45) is 0 Å². The smallest absolute Gasteiger partial charge is 0.326 e. The number of anilines is 1. The molecule has 2 aliphatic rings. The minimum Gasteiger partial charge on any atom is -0.497 e. The zero-order valence-corrected chi connectivity index (χ0v) is 33.4. The molecule has 2 aliphatic heterocycles. The van der Waals surface area contributed by atoms with Gasteiger partial charge in [-0.2, -0.15) is 0 Å². The van der Waals surface area contributed by atoms with Crippen molar-refractivity contribution in [3.05, 3.63) is 142 Å². The molecule has 5 amide bonds. The van der Waals surface area contributed by atoms with Gasteiger partial charge in [0.15, 0.2) is 0 Å². The van der Waals surface area contributed by atoms with Crippen LogP contribution in [0.4, 0.5) is 5.69 Å². The first-order valence-electron chi connectivity index (χ1n) is 19.2. The lowest BCUT2D eigenvalue weighted by Gasteiger charge is -2.26. The minimum absolute atomic E-state index is 0.00421. The van der Waals surface area contributed by atoms with E-state index in [4.69, 9.17) is 4.74 Å². The van der Waals surface area contributed by atoms with Crippen molar-refractivity contribution in [3.63, 3.8) is 0 Å². The first-order valence-corrected chi connectivity index (χ1v) is 20.1. The molecule has 7 rings (SSSR count). The Balaban J connectivity index is 1.35. The van der Waals surface area contributed by atoms with E-state index in [-0.39, 0.29) is 31.4 Å². The van der Waals surface area contributed by atoms with Crippen LogP contribution in [-0.2, 0) is 54.5 Å². The van der Waals surface area contributed by atoms with Gasteiger partial charge in [-0.1, -0.05) is 84.9 Å². The number of hydrogen-bond donors (Lipinski definition) is 7. The number of thiophene rings is 1. The monoisotopic (exact) mass is 831 g/mol. The maximum Gasteiger partial charge on any atom is 0.326 e. The summed E-state index contributed by atoms with van der Waals surface area (Å²) in [5, 5.41) is 36.0. The summed E-state index contributed by atoms with van der Waals surface area (Å²) in [5.41, 5.74) is 3.93. The van der Waals surface area contributed by atoms with E-state index in [1.54, 1.807) is 61.7 Å². The van der Waals surface area contributed by atoms with E-state index in [1.807, 2.05) is 53.9 Å². The van der Waals surface area contributed by atoms with Gasteiger partial charge in [0.05, 0.1) is 13.5 Å². The molecule has 60 heavy (non-hydrogen) atoms. The zero-order valence-electron chi connectivity index (χ0n) is 32.6. The quantitative estimate of drug-likeness (QED) is 0.108. The SMILES string of the molecule is COc1ccc(-c2ccc(C[C@@H]3NC(=O)[C@@H](Cc4cccs4)NC(=O)C[C@@H](O)C(=O)Nc4ccc(cc4)C[C@@H](C(=O)O)NC(=O)[C@@H](Cc4ccccc4)NC3=O)cc2)cc1. The first-order chi connectivity index (χ1) is 28.9. The Hall–Kier alpha value is -6.84. The second-order valence-corrected chi connectivity index (χ2v) is 15.4. The van der Waals surface area contributed by atoms with E-state index < -0.39 is 72.2 Å². The van der Waals surface area contributed by atoms with Gasteiger partial charge in [-0.25, -0.2) is 4.79 Å². The maximum atomic E-state index is 14.4. The van der Waals surface area contributed by atoms with E-state index in [2.05, 4.69) is 26.6 Å². The summed E-state index contributed by atoms with van der Waals surface area (Å²) >= 11 is 1.35. The standard InChI is InChI=1S/C45H45N5O9S/c1-59-33-19-15-31(16-20-33)30-13-9-28(10-14-30)23-36-41(53)48-35(22-27-6-3-2-4-7-27)42(54)50-38(45(57)58)24-29-11-17-32(18-12-29)46-44(56)39(51)26-40(52)47-37(43(55)49-36)25-34-8-5-21-60-34/h2-21,35-39,51H,22-26H2,1H3,(H,46,56)(H,47,52)(H,48,53)(H,49,55)(H,50,54)(H,57,58)/t35-,36+,37-,38+,39-/m1/s1. The molecule has 3 heterocycles. The highest BCUT2D eigenvalue weighted by Crippen LogP contribution is 2.23. The molecular weight excluding hydrogens is 787 g/mol. The van der Waals surface area contributed by atoms with Crippen LogP contribution in [0.25, 0.3) is 11.1 Å². The molecule has 14 nitrogen and oxygen atoms in total. The third-order valence-corrected chi connectivity index (χ3v) is 10.9. The molecule has 0 aliphatic carbocycles. The van der Waals surface area contributed by atoms with Crippen LogP contribution in [0, 0.1) is 0 Å². The number of amides is 5. The number of aliphatic hydroxyl groups excluding tert-OH is 1. The van der Waals surface area contributed by atoms with Gasteiger partial charge in [-0.05, 0) is 63.5 Å². The number of ether oxygens (including phenoxy) is 1. The van der Waals surface area contributed by atoms with Crippen LogP contribution in [0.1, 0.15) is 28.0 Å². The molecule has 0 saturated heterocycles. The molecule has 0 fully saturated rings. The highest BCUT2D eigenvalue weighted by atomic mass is 32.1. The van der Waals surface area contributed by atoms with E-state index >= 15 is 0 Å². The fourth-order valence-corrected chi connectivity index (χ4v) is 7.44. The highest BCUT2D eigenvalue weighted by molar-refractivity contribution is 7.09. The second kappa shape index (κ2) is 20.2. The molecule has 4 aromatic carbocycles. The van der Waals surface area contributed by atoms with Gasteiger partial charge in [0.2, 0.25) is 23.6 Å². The van der Waals surface area contributed by atoms with Crippen LogP contribution in [0.2, 0.25) is 0 Å². The van der Waals surface area contributed by atoms with Crippen LogP contribution in [0.3, 0.4) is 0 Å². The summed E-state index contributed by atoms with van der Waals surface area (Å²) in [7, 11) is 1.58. The molecule has 0 unspecified atom stereocenters. The number of fused-ring (bicyclic) bond motifs is 18. The van der Waals surface area contributed by atoms with Gasteiger partial charge >= 0.3 is 5.97 Å². The van der Waals surface area contributed by atoms with Gasteiger partial charge < -0.3 is 41.5 Å². The second-order valence-electron chi connectivity index (χ2n) is 14.4. The predicted octanol–water partition coefficient (Wildman–Crippen LogP) is 3.42. The number of carbonyl (C=O) groups is 6. The summed E-state index contributed by atoms with van der Waals surface area (Å²) in [6.45, 7) is 0. The molecule has 0 saturated carbocycles. The zero-order chi connectivity index (χ0) is 42.6. The summed E-state index contributed by atoms with van der Waals surface area (Å²) in [6.07, 6.45) is -2.60. The van der Waals surface area contributed by atoms with Gasteiger partial charge in [-0.3, -0.25) is 24.0 Å². The van der Waals surface area contributed by atoms with Gasteiger partial charge in [0.25, 0.3) is 5.91 Å². The average molecular weight is 832 g/mol. The summed E-state index contributed by atoms with van der Waals surface area (Å²) in [6, 6.07) is 28.2. The molecule has 7 N–H and O–H groups in total. The van der Waals surface area contributed by atoms with E-state index in [1.165, 1.54) is 23.5 Å². The van der Waals surface area contributed by atoms with Gasteiger partial charge in [0, 0.05) is 36.2 Å². The van der Waals surface area contributed by atoms with Gasteiger partial charge in [0.1, 0.15) is 36.0 Å². The molecule has 5 aromatic rings. The Labute approximate surface area is 350 Å². The number of aliphatic hydroxyl groups is 1. The Bertz CT molecular complexity index is 2270. The highest BCUT2D eigenvalue weighted by Gasteiger charge is 2.33. The number of rotatable bonds is 9. The summed E-state index contributed by atoms with van der Waals surface area (Å²) < 4.78 is 5.27.